The molecule has 0 radical (unpaired) electrons. The molecule has 2 aromatic rings. The maximum atomic E-state index is 11.7. The summed E-state index contributed by atoms with van der Waals surface area (Å²) in [6, 6.07) is 15.9. The minimum Gasteiger partial charge on any atom is -0.356 e. The number of unbranched alkanes of at least 4 members (excludes halogenated alkanes) is 1. The summed E-state index contributed by atoms with van der Waals surface area (Å²) >= 11 is 0. The monoisotopic (exact) mass is 492 g/mol. The second-order valence-electron chi connectivity index (χ2n) is 6.70. The van der Waals surface area contributed by atoms with Gasteiger partial charge in [-0.25, -0.2) is 0 Å². The van der Waals surface area contributed by atoms with E-state index in [1.165, 1.54) is 11.1 Å². The van der Waals surface area contributed by atoms with Gasteiger partial charge in [-0.15, -0.1) is 24.0 Å². The highest BCUT2D eigenvalue weighted by Crippen LogP contribution is 2.21. The van der Waals surface area contributed by atoms with Crippen molar-refractivity contribution < 1.29 is 0 Å². The zero-order chi connectivity index (χ0) is 18.9. The molecule has 28 heavy (non-hydrogen) atoms. The lowest BCUT2D eigenvalue weighted by Crippen LogP contribution is -2.43. The maximum Gasteiger partial charge on any atom is 0.250 e. The van der Waals surface area contributed by atoms with Crippen LogP contribution in [0.25, 0.3) is 5.57 Å². The number of aromatic nitrogens is 1. The quantitative estimate of drug-likeness (QED) is 0.290. The number of pyridine rings is 1. The molecule has 0 spiro atoms. The van der Waals surface area contributed by atoms with Crippen LogP contribution in [-0.4, -0.2) is 42.1 Å². The van der Waals surface area contributed by atoms with Gasteiger partial charge in [0.2, 0.25) is 5.56 Å². The Morgan fingerprint density at radius 3 is 2.57 bits per heavy atom. The lowest BCUT2D eigenvalue weighted by atomic mass is 10.00. The number of aliphatic imine (C=N–C) groups is 1. The fourth-order valence-corrected chi connectivity index (χ4v) is 3.36. The van der Waals surface area contributed by atoms with E-state index in [0.717, 1.165) is 51.4 Å². The molecule has 0 atom stereocenters. The number of nitrogens with one attached hydrogen (secondary N) is 1. The number of nitrogens with zero attached hydrogens (tertiary/aromatic N) is 3. The molecule has 6 heteroatoms. The molecule has 150 valence electrons. The van der Waals surface area contributed by atoms with Crippen LogP contribution < -0.4 is 10.9 Å². The fraction of sp³-hybridized carbons (Fsp3) is 0.364. The molecule has 2 heterocycles. The number of benzene rings is 1. The Hall–Kier alpha value is -2.09. The summed E-state index contributed by atoms with van der Waals surface area (Å²) in [6.45, 7) is 3.47. The number of hydrogen-bond donors (Lipinski definition) is 1. The van der Waals surface area contributed by atoms with E-state index in [1.807, 2.05) is 19.3 Å². The summed E-state index contributed by atoms with van der Waals surface area (Å²) in [5.41, 5.74) is 2.79. The highest BCUT2D eigenvalue weighted by molar-refractivity contribution is 14.0. The van der Waals surface area contributed by atoms with E-state index in [4.69, 9.17) is 0 Å². The molecular weight excluding hydrogens is 463 g/mol. The number of rotatable bonds is 6. The second-order valence-corrected chi connectivity index (χ2v) is 6.70. The zero-order valence-corrected chi connectivity index (χ0v) is 18.7. The van der Waals surface area contributed by atoms with Crippen molar-refractivity contribution >= 4 is 35.5 Å². The van der Waals surface area contributed by atoms with Crippen molar-refractivity contribution in [2.45, 2.75) is 25.8 Å². The first kappa shape index (κ1) is 22.2. The van der Waals surface area contributed by atoms with Crippen LogP contribution in [0.2, 0.25) is 0 Å². The maximum absolute atomic E-state index is 11.7. The van der Waals surface area contributed by atoms with Crippen molar-refractivity contribution in [3.05, 3.63) is 76.7 Å². The Morgan fingerprint density at radius 2 is 1.89 bits per heavy atom. The molecule has 0 saturated carbocycles. The molecule has 0 unspecified atom stereocenters. The molecule has 0 aliphatic carbocycles. The Bertz CT molecular complexity index is 845. The van der Waals surface area contributed by atoms with Crippen LogP contribution in [0.3, 0.4) is 0 Å². The zero-order valence-electron chi connectivity index (χ0n) is 16.4. The fourth-order valence-electron chi connectivity index (χ4n) is 3.36. The van der Waals surface area contributed by atoms with Gasteiger partial charge in [-0.3, -0.25) is 9.79 Å². The minimum atomic E-state index is 0. The summed E-state index contributed by atoms with van der Waals surface area (Å²) in [7, 11) is 1.84. The predicted molar refractivity (Wildman–Crippen MR) is 127 cm³/mol. The number of hydrogen-bond acceptors (Lipinski definition) is 2. The van der Waals surface area contributed by atoms with Crippen molar-refractivity contribution in [1.82, 2.24) is 14.8 Å². The lowest BCUT2D eigenvalue weighted by molar-refractivity contribution is 0.438. The Balaban J connectivity index is 0.00000280. The standard InChI is InChI=1S/C22H28N4O.HI/c1-23-22(24-14-6-8-16-25-15-7-5-11-21(25)27)26-17-12-20(13-18-26)19-9-3-2-4-10-19;/h2-5,7,9-12,15H,6,8,13-14,16-18H2,1H3,(H,23,24);1H. The van der Waals surface area contributed by atoms with Crippen molar-refractivity contribution in [3.63, 3.8) is 0 Å². The third-order valence-electron chi connectivity index (χ3n) is 4.87. The van der Waals surface area contributed by atoms with E-state index < -0.39 is 0 Å². The summed E-state index contributed by atoms with van der Waals surface area (Å²) < 4.78 is 1.76. The average molecular weight is 492 g/mol. The summed E-state index contributed by atoms with van der Waals surface area (Å²) in [4.78, 5) is 18.4. The van der Waals surface area contributed by atoms with Crippen LogP contribution in [0.1, 0.15) is 24.8 Å². The van der Waals surface area contributed by atoms with E-state index >= 15 is 0 Å². The van der Waals surface area contributed by atoms with Crippen molar-refractivity contribution in [2.24, 2.45) is 4.99 Å². The normalized spacial score (nSPS) is 14.2. The van der Waals surface area contributed by atoms with Crippen molar-refractivity contribution in [3.8, 4) is 0 Å². The molecule has 5 nitrogen and oxygen atoms in total. The third kappa shape index (κ3) is 6.22. The lowest BCUT2D eigenvalue weighted by Gasteiger charge is -2.29. The van der Waals surface area contributed by atoms with Gasteiger partial charge in [-0.05, 0) is 36.5 Å². The van der Waals surface area contributed by atoms with E-state index in [2.05, 4.69) is 51.6 Å². The van der Waals surface area contributed by atoms with Gasteiger partial charge in [-0.2, -0.15) is 0 Å². The molecule has 1 aromatic carbocycles. The van der Waals surface area contributed by atoms with E-state index in [9.17, 15) is 4.79 Å². The van der Waals surface area contributed by atoms with Gasteiger partial charge in [0.1, 0.15) is 0 Å². The molecular formula is C22H29IN4O. The van der Waals surface area contributed by atoms with Crippen LogP contribution in [0.5, 0.6) is 0 Å². The smallest absolute Gasteiger partial charge is 0.250 e. The Morgan fingerprint density at radius 1 is 1.11 bits per heavy atom. The average Bonchev–Trinajstić information content (AvgIpc) is 2.73. The van der Waals surface area contributed by atoms with Gasteiger partial charge in [0.15, 0.2) is 5.96 Å². The molecule has 0 saturated heterocycles. The molecule has 0 fully saturated rings. The van der Waals surface area contributed by atoms with Gasteiger partial charge >= 0.3 is 0 Å². The summed E-state index contributed by atoms with van der Waals surface area (Å²) in [5, 5.41) is 3.45. The molecule has 1 aliphatic rings. The molecule has 0 bridgehead atoms. The first-order valence-corrected chi connectivity index (χ1v) is 9.63. The van der Waals surface area contributed by atoms with Crippen LogP contribution in [-0.2, 0) is 6.54 Å². The van der Waals surface area contributed by atoms with Crippen molar-refractivity contribution in [1.29, 1.82) is 0 Å². The number of halogens is 1. The Labute approximate surface area is 184 Å². The van der Waals surface area contributed by atoms with Crippen molar-refractivity contribution in [2.75, 3.05) is 26.7 Å². The topological polar surface area (TPSA) is 49.6 Å². The first-order chi connectivity index (χ1) is 13.3. The van der Waals surface area contributed by atoms with Crippen LogP contribution in [0.15, 0.2) is 70.6 Å². The van der Waals surface area contributed by atoms with Crippen LogP contribution in [0, 0.1) is 0 Å². The largest absolute Gasteiger partial charge is 0.356 e. The second kappa shape index (κ2) is 11.7. The summed E-state index contributed by atoms with van der Waals surface area (Å²) in [5.74, 6) is 0.954. The van der Waals surface area contributed by atoms with Gasteiger partial charge in [0.25, 0.3) is 0 Å². The molecule has 1 aliphatic heterocycles. The molecule has 1 aromatic heterocycles. The molecule has 1 N–H and O–H groups in total. The number of aryl methyl sites for hydroxylation is 1. The predicted octanol–water partition coefficient (Wildman–Crippen LogP) is 3.61. The molecule has 3 rings (SSSR count). The summed E-state index contributed by atoms with van der Waals surface area (Å²) in [6.07, 6.45) is 7.14. The highest BCUT2D eigenvalue weighted by atomic mass is 127. The van der Waals surface area contributed by atoms with E-state index in [-0.39, 0.29) is 29.5 Å². The van der Waals surface area contributed by atoms with Gasteiger partial charge < -0.3 is 14.8 Å². The van der Waals surface area contributed by atoms with Gasteiger partial charge in [-0.1, -0.05) is 42.5 Å². The highest BCUT2D eigenvalue weighted by Gasteiger charge is 2.15. The first-order valence-electron chi connectivity index (χ1n) is 9.63. The number of guanidine groups is 1. The minimum absolute atomic E-state index is 0. The third-order valence-corrected chi connectivity index (χ3v) is 4.87. The van der Waals surface area contributed by atoms with Crippen LogP contribution >= 0.6 is 24.0 Å². The molecule has 0 amide bonds. The van der Waals surface area contributed by atoms with E-state index in [1.54, 1.807) is 16.7 Å². The SMILES string of the molecule is CN=C(NCCCCn1ccccc1=O)N1CC=C(c2ccccc2)CC1.I. The van der Waals surface area contributed by atoms with Gasteiger partial charge in [0.05, 0.1) is 0 Å². The van der Waals surface area contributed by atoms with E-state index in [0.29, 0.717) is 0 Å². The van der Waals surface area contributed by atoms with Crippen LogP contribution in [0.4, 0.5) is 0 Å². The van der Waals surface area contributed by atoms with Gasteiger partial charge in [0, 0.05) is 45.5 Å². The Kier molecular flexibility index (Phi) is 9.27.